The van der Waals surface area contributed by atoms with Gasteiger partial charge in [-0.05, 0) is 164 Å². The summed E-state index contributed by atoms with van der Waals surface area (Å²) < 4.78 is 2.50. The molecule has 0 aliphatic heterocycles. The number of anilines is 6. The van der Waals surface area contributed by atoms with E-state index in [-0.39, 0.29) is 5.41 Å². The highest BCUT2D eigenvalue weighted by Crippen LogP contribution is 2.52. The van der Waals surface area contributed by atoms with E-state index in [1.807, 2.05) is 0 Å². The molecular formula is C69H49N3. The first-order valence-electron chi connectivity index (χ1n) is 25.0. The third kappa shape index (κ3) is 6.66. The number of hydrogen-bond donors (Lipinski definition) is 0. The molecule has 1 aromatic heterocycles. The molecule has 3 nitrogen and oxygen atoms in total. The summed E-state index contributed by atoms with van der Waals surface area (Å²) in [6.07, 6.45) is 0. The van der Waals surface area contributed by atoms with Gasteiger partial charge in [-0.25, -0.2) is 0 Å². The van der Waals surface area contributed by atoms with Crippen molar-refractivity contribution >= 4 is 77.5 Å². The van der Waals surface area contributed by atoms with Crippen LogP contribution in [-0.4, -0.2) is 4.57 Å². The molecule has 13 aromatic rings. The molecule has 0 bridgehead atoms. The van der Waals surface area contributed by atoms with E-state index in [1.165, 1.54) is 93.5 Å². The lowest BCUT2D eigenvalue weighted by Gasteiger charge is -2.29. The second kappa shape index (κ2) is 16.5. The predicted molar refractivity (Wildman–Crippen MR) is 305 cm³/mol. The molecule has 0 unspecified atom stereocenters. The van der Waals surface area contributed by atoms with Crippen LogP contribution in [0.15, 0.2) is 261 Å². The van der Waals surface area contributed by atoms with Crippen LogP contribution in [0.3, 0.4) is 0 Å². The minimum Gasteiger partial charge on any atom is -0.311 e. The van der Waals surface area contributed by atoms with Crippen molar-refractivity contribution in [2.24, 2.45) is 0 Å². The van der Waals surface area contributed by atoms with Crippen molar-refractivity contribution in [3.05, 3.63) is 272 Å². The zero-order valence-electron chi connectivity index (χ0n) is 40.2. The summed E-state index contributed by atoms with van der Waals surface area (Å²) in [4.78, 5) is 4.73. The number of fused-ring (bicyclic) bond motifs is 4. The third-order valence-corrected chi connectivity index (χ3v) is 15.3. The standard InChI is InChI=1S/C69H49N3/c1-69(2)62-43-50(52-42-51-29-28-49-20-15-27-65-67(49)68(51)66(44-52)72(65)64-26-14-19-48-18-12-13-25-59(48)64)32-40-60(62)61-41-39-58(45-63(61)69)71(55-33-30-47(31-34-55)46-16-6-3-7-17-46)57-37-35-56(36-38-57)70(53-21-8-4-9-22-53)54-23-10-5-11-24-54/h3-45H,1-2H3. The summed E-state index contributed by atoms with van der Waals surface area (Å²) in [6.45, 7) is 4.80. The largest absolute Gasteiger partial charge is 0.311 e. The Bertz CT molecular complexity index is 4110. The van der Waals surface area contributed by atoms with Gasteiger partial charge >= 0.3 is 0 Å². The summed E-state index contributed by atoms with van der Waals surface area (Å²) in [5.74, 6) is 0. The van der Waals surface area contributed by atoms with Gasteiger partial charge in [-0.1, -0.05) is 172 Å². The Morgan fingerprint density at radius 3 is 1.50 bits per heavy atom. The molecule has 340 valence electrons. The number of nitrogens with zero attached hydrogens (tertiary/aromatic N) is 3. The second-order valence-corrected chi connectivity index (χ2v) is 19.8. The van der Waals surface area contributed by atoms with E-state index in [4.69, 9.17) is 0 Å². The van der Waals surface area contributed by atoms with Crippen LogP contribution in [0, 0.1) is 0 Å². The molecule has 0 spiro atoms. The SMILES string of the molecule is CC1(C)c2cc(-c3cc4ccc5cccc6c5c4c(c3)n6-c3cccc4ccccc34)ccc2-c2ccc(N(c3ccc(-c4ccccc4)cc3)c3ccc(N(c4ccccc4)c4ccccc4)cc3)cc21. The average molecular weight is 920 g/mol. The molecular weight excluding hydrogens is 871 g/mol. The number of para-hydroxylation sites is 2. The molecule has 0 atom stereocenters. The maximum atomic E-state index is 2.50. The van der Waals surface area contributed by atoms with Crippen LogP contribution in [0.5, 0.6) is 0 Å². The molecule has 0 saturated heterocycles. The maximum Gasteiger partial charge on any atom is 0.0553 e. The van der Waals surface area contributed by atoms with Crippen LogP contribution in [0.1, 0.15) is 25.0 Å². The van der Waals surface area contributed by atoms with Gasteiger partial charge in [0.1, 0.15) is 0 Å². The lowest BCUT2D eigenvalue weighted by molar-refractivity contribution is 0.660. The Hall–Kier alpha value is -9.18. The van der Waals surface area contributed by atoms with Gasteiger partial charge in [-0.3, -0.25) is 0 Å². The Balaban J connectivity index is 0.872. The van der Waals surface area contributed by atoms with Crippen LogP contribution < -0.4 is 9.80 Å². The Kier molecular flexibility index (Phi) is 9.56. The average Bonchev–Trinajstić information content (AvgIpc) is 3.89. The lowest BCUT2D eigenvalue weighted by Crippen LogP contribution is -2.17. The zero-order chi connectivity index (χ0) is 47.9. The van der Waals surface area contributed by atoms with Gasteiger partial charge in [0.2, 0.25) is 0 Å². The van der Waals surface area contributed by atoms with E-state index in [9.17, 15) is 0 Å². The molecule has 12 aromatic carbocycles. The summed E-state index contributed by atoms with van der Waals surface area (Å²) in [7, 11) is 0. The predicted octanol–water partition coefficient (Wildman–Crippen LogP) is 19.1. The Morgan fingerprint density at radius 1 is 0.306 bits per heavy atom. The second-order valence-electron chi connectivity index (χ2n) is 19.8. The van der Waals surface area contributed by atoms with E-state index in [1.54, 1.807) is 0 Å². The molecule has 1 aliphatic carbocycles. The van der Waals surface area contributed by atoms with Crippen molar-refractivity contribution < 1.29 is 0 Å². The fourth-order valence-electron chi connectivity index (χ4n) is 11.8. The molecule has 1 heterocycles. The van der Waals surface area contributed by atoms with Crippen molar-refractivity contribution in [1.82, 2.24) is 4.57 Å². The normalized spacial score (nSPS) is 12.7. The minimum atomic E-state index is -0.264. The van der Waals surface area contributed by atoms with Gasteiger partial charge in [0.15, 0.2) is 0 Å². The van der Waals surface area contributed by atoms with Crippen LogP contribution in [0.25, 0.3) is 82.4 Å². The van der Waals surface area contributed by atoms with Crippen molar-refractivity contribution in [2.45, 2.75) is 19.3 Å². The lowest BCUT2D eigenvalue weighted by atomic mass is 9.81. The molecule has 72 heavy (non-hydrogen) atoms. The van der Waals surface area contributed by atoms with Gasteiger partial charge in [-0.2, -0.15) is 0 Å². The maximum absolute atomic E-state index is 2.50. The van der Waals surface area contributed by atoms with Crippen molar-refractivity contribution in [3.8, 4) is 39.1 Å². The molecule has 0 radical (unpaired) electrons. The molecule has 1 aliphatic rings. The Labute approximate surface area is 420 Å². The Morgan fingerprint density at radius 2 is 0.792 bits per heavy atom. The fourth-order valence-corrected chi connectivity index (χ4v) is 11.8. The van der Waals surface area contributed by atoms with Crippen molar-refractivity contribution in [1.29, 1.82) is 0 Å². The fraction of sp³-hybridized carbons (Fsp3) is 0.0435. The summed E-state index contributed by atoms with van der Waals surface area (Å²) in [5, 5.41) is 7.66. The molecule has 0 N–H and O–H groups in total. The van der Waals surface area contributed by atoms with Crippen LogP contribution in [0.4, 0.5) is 34.1 Å². The topological polar surface area (TPSA) is 11.4 Å². The van der Waals surface area contributed by atoms with E-state index >= 15 is 0 Å². The highest BCUT2D eigenvalue weighted by Gasteiger charge is 2.36. The van der Waals surface area contributed by atoms with Crippen molar-refractivity contribution in [3.63, 3.8) is 0 Å². The minimum absolute atomic E-state index is 0.264. The molecule has 0 saturated carbocycles. The number of hydrogen-bond acceptors (Lipinski definition) is 2. The van der Waals surface area contributed by atoms with Gasteiger partial charge in [-0.15, -0.1) is 0 Å². The molecule has 0 amide bonds. The summed E-state index contributed by atoms with van der Waals surface area (Å²) in [5.41, 5.74) is 20.1. The summed E-state index contributed by atoms with van der Waals surface area (Å²) >= 11 is 0. The van der Waals surface area contributed by atoms with E-state index in [0.29, 0.717) is 0 Å². The van der Waals surface area contributed by atoms with Crippen LogP contribution in [-0.2, 0) is 5.41 Å². The third-order valence-electron chi connectivity index (χ3n) is 15.3. The van der Waals surface area contributed by atoms with E-state index in [2.05, 4.69) is 289 Å². The number of aromatic nitrogens is 1. The molecule has 14 rings (SSSR count). The van der Waals surface area contributed by atoms with Gasteiger partial charge in [0, 0.05) is 55.7 Å². The number of rotatable bonds is 9. The first-order valence-corrected chi connectivity index (χ1v) is 25.0. The van der Waals surface area contributed by atoms with Gasteiger partial charge < -0.3 is 14.4 Å². The molecule has 3 heteroatoms. The smallest absolute Gasteiger partial charge is 0.0553 e. The monoisotopic (exact) mass is 919 g/mol. The quantitative estimate of drug-likeness (QED) is 0.134. The van der Waals surface area contributed by atoms with E-state index < -0.39 is 0 Å². The van der Waals surface area contributed by atoms with E-state index in [0.717, 1.165) is 34.1 Å². The van der Waals surface area contributed by atoms with Crippen LogP contribution in [0.2, 0.25) is 0 Å². The summed E-state index contributed by atoms with van der Waals surface area (Å²) in [6, 6.07) is 95.8. The van der Waals surface area contributed by atoms with Gasteiger partial charge in [0.25, 0.3) is 0 Å². The highest BCUT2D eigenvalue weighted by atomic mass is 15.2. The van der Waals surface area contributed by atoms with Crippen molar-refractivity contribution in [2.75, 3.05) is 9.80 Å². The zero-order valence-corrected chi connectivity index (χ0v) is 40.2. The first-order chi connectivity index (χ1) is 35.5. The number of benzene rings is 12. The van der Waals surface area contributed by atoms with Crippen LogP contribution >= 0.6 is 0 Å². The molecule has 0 fully saturated rings. The highest BCUT2D eigenvalue weighted by molar-refractivity contribution is 6.25. The van der Waals surface area contributed by atoms with Gasteiger partial charge in [0.05, 0.1) is 16.7 Å². The first kappa shape index (κ1) is 41.8.